The minimum absolute atomic E-state index is 0.101. The van der Waals surface area contributed by atoms with E-state index in [1.165, 1.54) is 0 Å². The van der Waals surface area contributed by atoms with Gasteiger partial charge in [-0.2, -0.15) is 0 Å². The van der Waals surface area contributed by atoms with E-state index in [4.69, 9.17) is 0 Å². The zero-order valence-electron chi connectivity index (χ0n) is 10.9. The van der Waals surface area contributed by atoms with Crippen LogP contribution in [0.15, 0.2) is 18.2 Å². The van der Waals surface area contributed by atoms with Gasteiger partial charge in [0.15, 0.2) is 0 Å². The summed E-state index contributed by atoms with van der Waals surface area (Å²) in [6, 6.07) is 5.55. The number of halogens is 1. The van der Waals surface area contributed by atoms with Gasteiger partial charge in [-0.1, -0.05) is 12.1 Å². The van der Waals surface area contributed by atoms with Crippen molar-refractivity contribution >= 4 is 0 Å². The zero-order valence-corrected chi connectivity index (χ0v) is 10.9. The molecule has 0 radical (unpaired) electrons. The molecule has 1 N–H and O–H groups in total. The fraction of sp³-hybridized carbons (Fsp3) is 0.571. The van der Waals surface area contributed by atoms with E-state index in [1.807, 2.05) is 12.1 Å². The molecular weight excluding hydrogens is 215 g/mol. The Bertz CT molecular complexity index is 401. The third kappa shape index (κ3) is 2.85. The third-order valence-electron chi connectivity index (χ3n) is 3.58. The first kappa shape index (κ1) is 12.5. The fourth-order valence-corrected chi connectivity index (χ4v) is 2.27. The minimum Gasteiger partial charge on any atom is -0.314 e. The molecule has 1 fully saturated rings. The van der Waals surface area contributed by atoms with Crippen LogP contribution in [0.4, 0.5) is 4.39 Å². The van der Waals surface area contributed by atoms with E-state index in [2.05, 4.69) is 24.1 Å². The predicted octanol–water partition coefficient (Wildman–Crippen LogP) is 2.32. The Hall–Kier alpha value is -0.930. The summed E-state index contributed by atoms with van der Waals surface area (Å²) in [6.07, 6.45) is 0. The van der Waals surface area contributed by atoms with E-state index in [0.29, 0.717) is 5.56 Å². The van der Waals surface area contributed by atoms with Gasteiger partial charge in [-0.3, -0.25) is 4.90 Å². The lowest BCUT2D eigenvalue weighted by atomic mass is 9.99. The van der Waals surface area contributed by atoms with Crippen LogP contribution < -0.4 is 5.32 Å². The van der Waals surface area contributed by atoms with E-state index in [-0.39, 0.29) is 11.4 Å². The first-order chi connectivity index (χ1) is 7.99. The Labute approximate surface area is 103 Å². The van der Waals surface area contributed by atoms with Crippen molar-refractivity contribution in [1.82, 2.24) is 10.2 Å². The maximum absolute atomic E-state index is 13.5. The summed E-state index contributed by atoms with van der Waals surface area (Å²) in [6.45, 7) is 10.1. The summed E-state index contributed by atoms with van der Waals surface area (Å²) >= 11 is 0. The monoisotopic (exact) mass is 236 g/mol. The third-order valence-corrected chi connectivity index (χ3v) is 3.58. The molecule has 0 aromatic heterocycles. The molecule has 2 nitrogen and oxygen atoms in total. The van der Waals surface area contributed by atoms with Crippen LogP contribution in [0.1, 0.15) is 25.0 Å². The standard InChI is InChI=1S/C14H21FN2/c1-11-4-5-12(8-13(11)15)9-17-7-6-16-10-14(17,2)3/h4-5,8,16H,6-7,9-10H2,1-3H3. The van der Waals surface area contributed by atoms with Crippen molar-refractivity contribution in [3.05, 3.63) is 35.1 Å². The van der Waals surface area contributed by atoms with E-state index >= 15 is 0 Å². The van der Waals surface area contributed by atoms with Gasteiger partial charge in [0, 0.05) is 31.7 Å². The smallest absolute Gasteiger partial charge is 0.126 e. The van der Waals surface area contributed by atoms with Crippen LogP contribution >= 0.6 is 0 Å². The normalized spacial score (nSPS) is 20.5. The molecule has 1 heterocycles. The van der Waals surface area contributed by atoms with Gasteiger partial charge in [0.1, 0.15) is 5.82 Å². The van der Waals surface area contributed by atoms with Gasteiger partial charge in [-0.05, 0) is 38.0 Å². The van der Waals surface area contributed by atoms with Gasteiger partial charge in [0.2, 0.25) is 0 Å². The highest BCUT2D eigenvalue weighted by atomic mass is 19.1. The number of piperazine rings is 1. The molecule has 0 saturated carbocycles. The Morgan fingerprint density at radius 3 is 2.82 bits per heavy atom. The van der Waals surface area contributed by atoms with Crippen molar-refractivity contribution in [1.29, 1.82) is 0 Å². The van der Waals surface area contributed by atoms with E-state index < -0.39 is 0 Å². The molecular formula is C14H21FN2. The molecule has 0 atom stereocenters. The van der Waals surface area contributed by atoms with Gasteiger partial charge in [0.05, 0.1) is 0 Å². The van der Waals surface area contributed by atoms with Gasteiger partial charge in [-0.15, -0.1) is 0 Å². The van der Waals surface area contributed by atoms with Crippen LogP contribution in [-0.4, -0.2) is 30.1 Å². The molecule has 1 aromatic carbocycles. The number of hydrogen-bond donors (Lipinski definition) is 1. The molecule has 1 aliphatic rings. The second kappa shape index (κ2) is 4.75. The molecule has 94 valence electrons. The summed E-state index contributed by atoms with van der Waals surface area (Å²) in [4.78, 5) is 2.41. The largest absolute Gasteiger partial charge is 0.314 e. The molecule has 0 unspecified atom stereocenters. The lowest BCUT2D eigenvalue weighted by molar-refractivity contribution is 0.0826. The van der Waals surface area contributed by atoms with Crippen molar-refractivity contribution in [3.63, 3.8) is 0 Å². The summed E-state index contributed by atoms with van der Waals surface area (Å²) in [7, 11) is 0. The molecule has 3 heteroatoms. The fourth-order valence-electron chi connectivity index (χ4n) is 2.27. The molecule has 0 spiro atoms. The van der Waals surface area contributed by atoms with Gasteiger partial charge in [0.25, 0.3) is 0 Å². The number of aryl methyl sites for hydroxylation is 1. The van der Waals surface area contributed by atoms with Crippen LogP contribution in [-0.2, 0) is 6.54 Å². The van der Waals surface area contributed by atoms with Crippen molar-refractivity contribution in [2.24, 2.45) is 0 Å². The van der Waals surface area contributed by atoms with E-state index in [0.717, 1.165) is 31.7 Å². The SMILES string of the molecule is Cc1ccc(CN2CCNCC2(C)C)cc1F. The molecule has 1 aliphatic heterocycles. The van der Waals surface area contributed by atoms with E-state index in [9.17, 15) is 4.39 Å². The average molecular weight is 236 g/mol. The van der Waals surface area contributed by atoms with Gasteiger partial charge < -0.3 is 5.32 Å². The van der Waals surface area contributed by atoms with Crippen molar-refractivity contribution in [2.75, 3.05) is 19.6 Å². The maximum atomic E-state index is 13.5. The lowest BCUT2D eigenvalue weighted by Gasteiger charge is -2.42. The number of nitrogens with zero attached hydrogens (tertiary/aromatic N) is 1. The zero-order chi connectivity index (χ0) is 12.5. The maximum Gasteiger partial charge on any atom is 0.126 e. The quantitative estimate of drug-likeness (QED) is 0.847. The summed E-state index contributed by atoms with van der Waals surface area (Å²) in [5.41, 5.74) is 1.91. The molecule has 0 aliphatic carbocycles. The first-order valence-corrected chi connectivity index (χ1v) is 6.20. The van der Waals surface area contributed by atoms with Crippen molar-refractivity contribution in [3.8, 4) is 0 Å². The summed E-state index contributed by atoms with van der Waals surface area (Å²) < 4.78 is 13.5. The van der Waals surface area contributed by atoms with Gasteiger partial charge in [-0.25, -0.2) is 4.39 Å². The Kier molecular flexibility index (Phi) is 3.50. The predicted molar refractivity (Wildman–Crippen MR) is 68.5 cm³/mol. The van der Waals surface area contributed by atoms with Crippen LogP contribution in [0.3, 0.4) is 0 Å². The molecule has 0 bridgehead atoms. The molecule has 17 heavy (non-hydrogen) atoms. The number of nitrogens with one attached hydrogen (secondary N) is 1. The topological polar surface area (TPSA) is 15.3 Å². The second-order valence-electron chi connectivity index (χ2n) is 5.49. The number of hydrogen-bond acceptors (Lipinski definition) is 2. The average Bonchev–Trinajstić information content (AvgIpc) is 2.26. The highest BCUT2D eigenvalue weighted by Crippen LogP contribution is 2.20. The highest BCUT2D eigenvalue weighted by molar-refractivity contribution is 5.23. The molecule has 1 saturated heterocycles. The van der Waals surface area contributed by atoms with Crippen molar-refractivity contribution in [2.45, 2.75) is 32.9 Å². The lowest BCUT2D eigenvalue weighted by Crippen LogP contribution is -2.57. The second-order valence-corrected chi connectivity index (χ2v) is 5.49. The Balaban J connectivity index is 2.11. The van der Waals surface area contributed by atoms with Crippen LogP contribution in [0.2, 0.25) is 0 Å². The Morgan fingerprint density at radius 2 is 2.18 bits per heavy atom. The first-order valence-electron chi connectivity index (χ1n) is 6.20. The molecule has 1 aromatic rings. The number of rotatable bonds is 2. The molecule has 0 amide bonds. The highest BCUT2D eigenvalue weighted by Gasteiger charge is 2.29. The van der Waals surface area contributed by atoms with Crippen molar-refractivity contribution < 1.29 is 4.39 Å². The van der Waals surface area contributed by atoms with Crippen LogP contribution in [0.5, 0.6) is 0 Å². The van der Waals surface area contributed by atoms with Crippen LogP contribution in [0, 0.1) is 12.7 Å². The van der Waals surface area contributed by atoms with Gasteiger partial charge >= 0.3 is 0 Å². The van der Waals surface area contributed by atoms with Crippen LogP contribution in [0.25, 0.3) is 0 Å². The van der Waals surface area contributed by atoms with E-state index in [1.54, 1.807) is 13.0 Å². The number of benzene rings is 1. The Morgan fingerprint density at radius 1 is 1.41 bits per heavy atom. The molecule has 2 rings (SSSR count). The summed E-state index contributed by atoms with van der Waals surface area (Å²) in [5, 5.41) is 3.40. The minimum atomic E-state index is -0.101. The summed E-state index contributed by atoms with van der Waals surface area (Å²) in [5.74, 6) is -0.101.